The summed E-state index contributed by atoms with van der Waals surface area (Å²) in [4.78, 5) is 18.3. The zero-order chi connectivity index (χ0) is 25.6. The van der Waals surface area contributed by atoms with Crippen LogP contribution >= 0.6 is 11.3 Å². The van der Waals surface area contributed by atoms with Crippen LogP contribution in [0.1, 0.15) is 5.56 Å². The molecule has 0 bridgehead atoms. The van der Waals surface area contributed by atoms with Crippen LogP contribution in [0, 0.1) is 5.82 Å². The van der Waals surface area contributed by atoms with Crippen LogP contribution < -0.4 is 10.1 Å². The molecule has 0 unspecified atom stereocenters. The summed E-state index contributed by atoms with van der Waals surface area (Å²) in [6, 6.07) is 30.2. The van der Waals surface area contributed by atoms with Crippen molar-refractivity contribution < 1.29 is 4.39 Å². The number of hydrogen-bond donors (Lipinski definition) is 0. The molecule has 0 atom stereocenters. The van der Waals surface area contributed by atoms with Crippen molar-refractivity contribution in [2.45, 2.75) is 0 Å². The molecule has 0 aliphatic rings. The molecule has 0 amide bonds. The summed E-state index contributed by atoms with van der Waals surface area (Å²) in [6.45, 7) is 0. The lowest BCUT2D eigenvalue weighted by Crippen LogP contribution is -2.23. The van der Waals surface area contributed by atoms with E-state index in [1.54, 1.807) is 12.1 Å². The summed E-state index contributed by atoms with van der Waals surface area (Å²) in [7, 11) is 0. The van der Waals surface area contributed by atoms with Crippen LogP contribution in [0.5, 0.6) is 0 Å². The highest BCUT2D eigenvalue weighted by molar-refractivity contribution is 7.15. The molecule has 6 nitrogen and oxygen atoms in total. The Morgan fingerprint density at radius 1 is 0.789 bits per heavy atom. The van der Waals surface area contributed by atoms with Crippen LogP contribution in [-0.2, 0) is 0 Å². The second-order valence-corrected chi connectivity index (χ2v) is 9.84. The van der Waals surface area contributed by atoms with Crippen molar-refractivity contribution >= 4 is 33.1 Å². The Morgan fingerprint density at radius 2 is 1.53 bits per heavy atom. The highest BCUT2D eigenvalue weighted by atomic mass is 32.1. The average molecular weight is 516 g/mol. The number of nitrogens with zero attached hydrogens (tertiary/aromatic N) is 5. The lowest BCUT2D eigenvalue weighted by atomic mass is 10.0. The van der Waals surface area contributed by atoms with Crippen LogP contribution in [0.4, 0.5) is 4.39 Å². The second-order valence-electron chi connectivity index (χ2n) is 8.83. The van der Waals surface area contributed by atoms with Crippen molar-refractivity contribution in [1.82, 2.24) is 24.4 Å². The monoisotopic (exact) mass is 515 g/mol. The van der Waals surface area contributed by atoms with Crippen LogP contribution in [0.2, 0.25) is 0 Å². The van der Waals surface area contributed by atoms with Crippen molar-refractivity contribution in [3.63, 3.8) is 0 Å². The summed E-state index contributed by atoms with van der Waals surface area (Å²) >= 11 is 1.26. The smallest absolute Gasteiger partial charge is 0.266 e. The first kappa shape index (κ1) is 22.3. The maximum Gasteiger partial charge on any atom is 0.291 e. The number of benzene rings is 4. The minimum absolute atomic E-state index is 0.261. The summed E-state index contributed by atoms with van der Waals surface area (Å²) < 4.78 is 16.9. The molecule has 4 aromatic carbocycles. The van der Waals surface area contributed by atoms with E-state index in [1.807, 2.05) is 65.5 Å². The van der Waals surface area contributed by atoms with E-state index in [0.29, 0.717) is 20.9 Å². The molecule has 7 aromatic rings. The van der Waals surface area contributed by atoms with Crippen LogP contribution in [0.3, 0.4) is 0 Å². The first-order valence-electron chi connectivity index (χ1n) is 11.9. The molecule has 0 N–H and O–H groups in total. The molecule has 0 radical (unpaired) electrons. The highest BCUT2D eigenvalue weighted by Crippen LogP contribution is 2.28. The number of aromatic nitrogens is 5. The average Bonchev–Trinajstić information content (AvgIpc) is 3.64. The molecular formula is C30H18FN5OS. The van der Waals surface area contributed by atoms with Crippen molar-refractivity contribution in [3.8, 4) is 28.3 Å². The first-order chi connectivity index (χ1) is 18.6. The van der Waals surface area contributed by atoms with Crippen LogP contribution in [0.15, 0.2) is 108 Å². The number of hydrogen-bond acceptors (Lipinski definition) is 5. The molecule has 0 saturated heterocycles. The number of rotatable bonds is 4. The van der Waals surface area contributed by atoms with Crippen LogP contribution in [0.25, 0.3) is 50.1 Å². The fourth-order valence-electron chi connectivity index (χ4n) is 4.46. The molecule has 0 fully saturated rings. The van der Waals surface area contributed by atoms with Crippen molar-refractivity contribution in [3.05, 3.63) is 130 Å². The molecule has 0 aliphatic carbocycles. The Morgan fingerprint density at radius 3 is 2.32 bits per heavy atom. The molecule has 0 aliphatic heterocycles. The second kappa shape index (κ2) is 8.86. The van der Waals surface area contributed by atoms with E-state index in [2.05, 4.69) is 34.3 Å². The number of para-hydroxylation sites is 1. The van der Waals surface area contributed by atoms with Crippen molar-refractivity contribution in [1.29, 1.82) is 0 Å². The highest BCUT2D eigenvalue weighted by Gasteiger charge is 2.15. The minimum atomic E-state index is -0.338. The molecular weight excluding hydrogens is 497 g/mol. The summed E-state index contributed by atoms with van der Waals surface area (Å²) in [5.41, 5.74) is 3.84. The van der Waals surface area contributed by atoms with Gasteiger partial charge in [-0.3, -0.25) is 4.79 Å². The number of thiazole rings is 1. The van der Waals surface area contributed by atoms with Gasteiger partial charge in [-0.05, 0) is 59.3 Å². The Kier molecular flexibility index (Phi) is 5.19. The predicted molar refractivity (Wildman–Crippen MR) is 148 cm³/mol. The van der Waals surface area contributed by atoms with E-state index in [1.165, 1.54) is 28.0 Å². The van der Waals surface area contributed by atoms with E-state index < -0.39 is 0 Å². The van der Waals surface area contributed by atoms with Gasteiger partial charge in [0.05, 0.1) is 10.2 Å². The molecule has 0 spiro atoms. The fraction of sp³-hybridized carbons (Fsp3) is 0. The Balaban J connectivity index is 1.38. The van der Waals surface area contributed by atoms with E-state index in [-0.39, 0.29) is 11.4 Å². The largest absolute Gasteiger partial charge is 0.291 e. The molecule has 182 valence electrons. The van der Waals surface area contributed by atoms with E-state index in [9.17, 15) is 9.18 Å². The predicted octanol–water partition coefficient (Wildman–Crippen LogP) is 5.51. The molecule has 3 aromatic heterocycles. The van der Waals surface area contributed by atoms with Gasteiger partial charge in [0.15, 0.2) is 5.82 Å². The van der Waals surface area contributed by atoms with E-state index in [0.717, 1.165) is 33.3 Å². The third kappa shape index (κ3) is 3.88. The van der Waals surface area contributed by atoms with Crippen molar-refractivity contribution in [2.24, 2.45) is 0 Å². The maximum absolute atomic E-state index is 13.3. The van der Waals surface area contributed by atoms with Gasteiger partial charge in [0.2, 0.25) is 4.96 Å². The zero-order valence-electron chi connectivity index (χ0n) is 19.8. The third-order valence-electron chi connectivity index (χ3n) is 6.36. The lowest BCUT2D eigenvalue weighted by molar-refractivity contribution is 0.628. The van der Waals surface area contributed by atoms with Gasteiger partial charge in [0.25, 0.3) is 5.56 Å². The van der Waals surface area contributed by atoms with Gasteiger partial charge in [0, 0.05) is 22.9 Å². The summed E-state index contributed by atoms with van der Waals surface area (Å²) in [5.74, 6) is 0.0445. The van der Waals surface area contributed by atoms with Gasteiger partial charge in [-0.15, -0.1) is 5.10 Å². The van der Waals surface area contributed by atoms with Gasteiger partial charge >= 0.3 is 0 Å². The molecule has 3 heterocycles. The molecule has 8 heteroatoms. The fourth-order valence-corrected chi connectivity index (χ4v) is 5.36. The van der Waals surface area contributed by atoms with Gasteiger partial charge < -0.3 is 0 Å². The number of fused-ring (bicyclic) bond motifs is 2. The first-order valence-corrected chi connectivity index (χ1v) is 12.8. The SMILES string of the molecule is O=c1/c(=C/c2cn(-c3ccccc3)nc2-c2ccc3ccccc3c2)sc2nc(-c3ccc(F)cc3)nn12. The normalized spacial score (nSPS) is 12.1. The Bertz CT molecular complexity index is 2060. The lowest BCUT2D eigenvalue weighted by Gasteiger charge is -2.03. The van der Waals surface area contributed by atoms with E-state index >= 15 is 0 Å². The number of halogens is 1. The summed E-state index contributed by atoms with van der Waals surface area (Å²) in [5, 5.41) is 11.5. The van der Waals surface area contributed by atoms with E-state index in [4.69, 9.17) is 5.10 Å². The summed E-state index contributed by atoms with van der Waals surface area (Å²) in [6.07, 6.45) is 3.77. The van der Waals surface area contributed by atoms with Gasteiger partial charge in [0.1, 0.15) is 11.5 Å². The molecule has 38 heavy (non-hydrogen) atoms. The van der Waals surface area contributed by atoms with Gasteiger partial charge in [-0.25, -0.2) is 9.07 Å². The molecule has 7 rings (SSSR count). The Hall–Kier alpha value is -4.95. The van der Waals surface area contributed by atoms with Crippen molar-refractivity contribution in [2.75, 3.05) is 0 Å². The zero-order valence-corrected chi connectivity index (χ0v) is 20.6. The quantitative estimate of drug-likeness (QED) is 0.310. The van der Waals surface area contributed by atoms with Gasteiger partial charge in [-0.1, -0.05) is 65.9 Å². The van der Waals surface area contributed by atoms with Gasteiger partial charge in [-0.2, -0.15) is 14.6 Å². The Labute approximate surface area is 219 Å². The third-order valence-corrected chi connectivity index (χ3v) is 7.32. The standard InChI is InChI=1S/C30H18FN5OS/c31-24-14-12-20(13-15-24)28-32-30-36(34-28)29(37)26(38-30)17-23-18-35(25-8-2-1-3-9-25)33-27(23)22-11-10-19-6-4-5-7-21(19)16-22/h1-18H/b26-17-. The minimum Gasteiger partial charge on any atom is -0.266 e. The van der Waals surface area contributed by atoms with Crippen LogP contribution in [-0.4, -0.2) is 24.4 Å². The maximum atomic E-state index is 13.3. The molecule has 0 saturated carbocycles. The topological polar surface area (TPSA) is 65.1 Å².